The summed E-state index contributed by atoms with van der Waals surface area (Å²) in [5, 5.41) is 3.77. The van der Waals surface area contributed by atoms with Gasteiger partial charge in [0.1, 0.15) is 17.3 Å². The van der Waals surface area contributed by atoms with E-state index in [4.69, 9.17) is 11.6 Å². The van der Waals surface area contributed by atoms with E-state index in [1.807, 2.05) is 11.3 Å². The lowest BCUT2D eigenvalue weighted by Gasteiger charge is -2.13. The number of anilines is 1. The number of rotatable bonds is 4. The topological polar surface area (TPSA) is 37.8 Å². The molecule has 2 rings (SSSR count). The zero-order valence-corrected chi connectivity index (χ0v) is 11.3. The maximum Gasteiger partial charge on any atom is 0.134 e. The number of aryl methyl sites for hydroxylation is 1. The third-order valence-corrected chi connectivity index (χ3v) is 3.56. The van der Waals surface area contributed by atoms with Gasteiger partial charge in [-0.15, -0.1) is 11.3 Å². The average molecular weight is 268 g/mol. The fourth-order valence-electron chi connectivity index (χ4n) is 1.61. The summed E-state index contributed by atoms with van der Waals surface area (Å²) >= 11 is 7.63. The van der Waals surface area contributed by atoms with E-state index in [1.165, 1.54) is 16.1 Å². The number of nitrogens with zero attached hydrogens (tertiary/aromatic N) is 2. The van der Waals surface area contributed by atoms with E-state index in [-0.39, 0.29) is 0 Å². The van der Waals surface area contributed by atoms with Crippen LogP contribution < -0.4 is 5.32 Å². The van der Waals surface area contributed by atoms with Crippen molar-refractivity contribution in [3.8, 4) is 0 Å². The fourth-order valence-corrected chi connectivity index (χ4v) is 2.78. The number of halogens is 1. The molecular weight excluding hydrogens is 254 g/mol. The van der Waals surface area contributed by atoms with Gasteiger partial charge in [0.2, 0.25) is 0 Å². The minimum atomic E-state index is 0.319. The molecule has 0 fully saturated rings. The number of hydrogen-bond donors (Lipinski definition) is 1. The maximum atomic E-state index is 5.80. The third kappa shape index (κ3) is 3.68. The van der Waals surface area contributed by atoms with Gasteiger partial charge in [0.25, 0.3) is 0 Å². The van der Waals surface area contributed by atoms with Crippen molar-refractivity contribution >= 4 is 28.8 Å². The van der Waals surface area contributed by atoms with Gasteiger partial charge in [0.05, 0.1) is 0 Å². The highest BCUT2D eigenvalue weighted by atomic mass is 35.5. The molecule has 0 saturated heterocycles. The minimum absolute atomic E-state index is 0.319. The number of nitrogens with one attached hydrogen (secondary N) is 1. The Balaban J connectivity index is 1.95. The Morgan fingerprint density at radius 2 is 2.24 bits per heavy atom. The Hall–Kier alpha value is -1.13. The van der Waals surface area contributed by atoms with Gasteiger partial charge in [-0.25, -0.2) is 9.97 Å². The molecule has 5 heteroatoms. The van der Waals surface area contributed by atoms with Crippen LogP contribution in [0.15, 0.2) is 24.5 Å². The van der Waals surface area contributed by atoms with E-state index in [2.05, 4.69) is 41.3 Å². The molecule has 2 heterocycles. The van der Waals surface area contributed by atoms with Crippen molar-refractivity contribution in [2.24, 2.45) is 0 Å². The molecule has 0 aliphatic heterocycles. The Morgan fingerprint density at radius 1 is 1.41 bits per heavy atom. The Kier molecular flexibility index (Phi) is 3.97. The van der Waals surface area contributed by atoms with Crippen molar-refractivity contribution in [1.29, 1.82) is 0 Å². The molecule has 0 radical (unpaired) electrons. The van der Waals surface area contributed by atoms with Crippen LogP contribution in [0.2, 0.25) is 5.15 Å². The highest BCUT2D eigenvalue weighted by Gasteiger charge is 2.06. The van der Waals surface area contributed by atoms with Crippen LogP contribution in [-0.4, -0.2) is 16.0 Å². The molecule has 0 spiro atoms. The largest absolute Gasteiger partial charge is 0.367 e. The van der Waals surface area contributed by atoms with E-state index >= 15 is 0 Å². The fraction of sp³-hybridized carbons (Fsp3) is 0.333. The molecule has 0 amide bonds. The standard InChI is InChI=1S/C12H14ClN3S/c1-8(5-10-4-3-9(2)17-10)16-12-6-11(13)14-7-15-12/h3-4,6-8H,5H2,1-2H3,(H,14,15,16). The second-order valence-corrected chi connectivity index (χ2v) is 5.75. The summed E-state index contributed by atoms with van der Waals surface area (Å²) in [4.78, 5) is 10.7. The molecule has 2 aromatic rings. The summed E-state index contributed by atoms with van der Waals surface area (Å²) in [6, 6.07) is 6.37. The smallest absolute Gasteiger partial charge is 0.134 e. The third-order valence-electron chi connectivity index (χ3n) is 2.33. The normalized spacial score (nSPS) is 12.4. The van der Waals surface area contributed by atoms with Gasteiger partial charge in [-0.05, 0) is 26.0 Å². The lowest BCUT2D eigenvalue weighted by atomic mass is 10.2. The summed E-state index contributed by atoms with van der Waals surface area (Å²) in [5.41, 5.74) is 0. The number of hydrogen-bond acceptors (Lipinski definition) is 4. The van der Waals surface area contributed by atoms with Crippen LogP contribution >= 0.6 is 22.9 Å². The first-order chi connectivity index (χ1) is 8.13. The SMILES string of the molecule is Cc1ccc(CC(C)Nc2cc(Cl)ncn2)s1. The van der Waals surface area contributed by atoms with Gasteiger partial charge in [-0.1, -0.05) is 11.6 Å². The highest BCUT2D eigenvalue weighted by Crippen LogP contribution is 2.18. The summed E-state index contributed by atoms with van der Waals surface area (Å²) in [6.07, 6.45) is 2.45. The van der Waals surface area contributed by atoms with Crippen LogP contribution in [0.1, 0.15) is 16.7 Å². The summed E-state index contributed by atoms with van der Waals surface area (Å²) in [5.74, 6) is 0.769. The van der Waals surface area contributed by atoms with Gasteiger partial charge in [-0.3, -0.25) is 0 Å². The van der Waals surface area contributed by atoms with Crippen LogP contribution in [-0.2, 0) is 6.42 Å². The predicted octanol–water partition coefficient (Wildman–Crippen LogP) is 3.54. The molecule has 90 valence electrons. The first kappa shape index (κ1) is 12.3. The van der Waals surface area contributed by atoms with E-state index in [0.717, 1.165) is 12.2 Å². The quantitative estimate of drug-likeness (QED) is 0.861. The van der Waals surface area contributed by atoms with Gasteiger partial charge < -0.3 is 5.32 Å². The summed E-state index contributed by atoms with van der Waals surface area (Å²) in [6.45, 7) is 4.25. The molecule has 1 unspecified atom stereocenters. The Bertz CT molecular complexity index is 498. The number of thiophene rings is 1. The zero-order chi connectivity index (χ0) is 12.3. The van der Waals surface area contributed by atoms with Crippen LogP contribution in [0.4, 0.5) is 5.82 Å². The van der Waals surface area contributed by atoms with Crippen molar-refractivity contribution < 1.29 is 0 Å². The average Bonchev–Trinajstić information content (AvgIpc) is 2.63. The molecule has 3 nitrogen and oxygen atoms in total. The predicted molar refractivity (Wildman–Crippen MR) is 72.9 cm³/mol. The van der Waals surface area contributed by atoms with Gasteiger partial charge in [0.15, 0.2) is 0 Å². The first-order valence-electron chi connectivity index (χ1n) is 5.43. The molecular formula is C12H14ClN3S. The van der Waals surface area contributed by atoms with Gasteiger partial charge in [-0.2, -0.15) is 0 Å². The van der Waals surface area contributed by atoms with Crippen LogP contribution in [0.3, 0.4) is 0 Å². The summed E-state index contributed by atoms with van der Waals surface area (Å²) < 4.78 is 0. The van der Waals surface area contributed by atoms with E-state index in [1.54, 1.807) is 6.07 Å². The maximum absolute atomic E-state index is 5.80. The summed E-state index contributed by atoms with van der Waals surface area (Å²) in [7, 11) is 0. The van der Waals surface area contributed by atoms with Crippen LogP contribution in [0.25, 0.3) is 0 Å². The van der Waals surface area contributed by atoms with E-state index < -0.39 is 0 Å². The van der Waals surface area contributed by atoms with E-state index in [9.17, 15) is 0 Å². The molecule has 1 atom stereocenters. The van der Waals surface area contributed by atoms with Crippen LogP contribution in [0, 0.1) is 6.92 Å². The van der Waals surface area contributed by atoms with Crippen molar-refractivity contribution in [1.82, 2.24) is 9.97 Å². The highest BCUT2D eigenvalue weighted by molar-refractivity contribution is 7.11. The second-order valence-electron chi connectivity index (χ2n) is 3.99. The second kappa shape index (κ2) is 5.47. The molecule has 17 heavy (non-hydrogen) atoms. The lowest BCUT2D eigenvalue weighted by Crippen LogP contribution is -2.18. The van der Waals surface area contributed by atoms with E-state index in [0.29, 0.717) is 11.2 Å². The molecule has 0 bridgehead atoms. The molecule has 2 aromatic heterocycles. The minimum Gasteiger partial charge on any atom is -0.367 e. The Morgan fingerprint density at radius 3 is 2.88 bits per heavy atom. The monoisotopic (exact) mass is 267 g/mol. The van der Waals surface area contributed by atoms with Crippen molar-refractivity contribution in [2.45, 2.75) is 26.3 Å². The molecule has 0 aromatic carbocycles. The van der Waals surface area contributed by atoms with Crippen molar-refractivity contribution in [3.63, 3.8) is 0 Å². The molecule has 1 N–H and O–H groups in total. The Labute approximate surface area is 110 Å². The number of aromatic nitrogens is 2. The molecule has 0 aliphatic rings. The van der Waals surface area contributed by atoms with Crippen molar-refractivity contribution in [3.05, 3.63) is 39.4 Å². The van der Waals surface area contributed by atoms with Gasteiger partial charge in [0, 0.05) is 28.3 Å². The first-order valence-corrected chi connectivity index (χ1v) is 6.62. The van der Waals surface area contributed by atoms with Crippen LogP contribution in [0.5, 0.6) is 0 Å². The van der Waals surface area contributed by atoms with Gasteiger partial charge >= 0.3 is 0 Å². The molecule has 0 saturated carbocycles. The lowest BCUT2D eigenvalue weighted by molar-refractivity contribution is 0.793. The van der Waals surface area contributed by atoms with Crippen molar-refractivity contribution in [2.75, 3.05) is 5.32 Å². The zero-order valence-electron chi connectivity index (χ0n) is 9.77. The molecule has 0 aliphatic carbocycles.